The monoisotopic (exact) mass is 246 g/mol. The Labute approximate surface area is 100 Å². The lowest BCUT2D eigenvalue weighted by Gasteiger charge is -2.11. The minimum atomic E-state index is -0.707. The summed E-state index contributed by atoms with van der Waals surface area (Å²) in [5, 5.41) is 9.88. The summed E-state index contributed by atoms with van der Waals surface area (Å²) < 4.78 is 5.29. The van der Waals surface area contributed by atoms with E-state index in [2.05, 4.69) is 19.9 Å². The molecule has 94 valence electrons. The molecule has 3 nitrogen and oxygen atoms in total. The molecular weight excluding hydrogens is 223 g/mol. The molecule has 16 heavy (non-hydrogen) atoms. The predicted octanol–water partition coefficient (Wildman–Crippen LogP) is 3.25. The molecule has 0 amide bonds. The standard InChI is InChI=1S/C12H23O3P/c1-4-10(15-3)7-6-8-11(5-2)16-9-12(13)14/h8,10,16H,4-7,9H2,1-3H3,(H,13,14). The van der Waals surface area contributed by atoms with Gasteiger partial charge in [0.1, 0.15) is 0 Å². The fourth-order valence-electron chi connectivity index (χ4n) is 1.46. The molecule has 0 saturated carbocycles. The van der Waals surface area contributed by atoms with Gasteiger partial charge in [0, 0.05) is 7.11 Å². The Morgan fingerprint density at radius 1 is 1.50 bits per heavy atom. The highest BCUT2D eigenvalue weighted by atomic mass is 31.1. The largest absolute Gasteiger partial charge is 0.481 e. The number of hydrogen-bond donors (Lipinski definition) is 1. The van der Waals surface area contributed by atoms with Crippen LogP contribution in [0.25, 0.3) is 0 Å². The first-order chi connectivity index (χ1) is 7.63. The number of carboxylic acid groups (broad SMARTS) is 1. The Balaban J connectivity index is 3.91. The molecule has 0 spiro atoms. The molecule has 1 N–H and O–H groups in total. The number of ether oxygens (including phenoxy) is 1. The summed E-state index contributed by atoms with van der Waals surface area (Å²) in [5.41, 5.74) is 0. The maximum Gasteiger partial charge on any atom is 0.307 e. The van der Waals surface area contributed by atoms with E-state index in [9.17, 15) is 4.79 Å². The third-order valence-electron chi connectivity index (χ3n) is 2.52. The summed E-state index contributed by atoms with van der Waals surface area (Å²) in [7, 11) is 2.17. The third-order valence-corrected chi connectivity index (χ3v) is 4.01. The summed E-state index contributed by atoms with van der Waals surface area (Å²) in [6, 6.07) is 0. The van der Waals surface area contributed by atoms with E-state index in [-0.39, 0.29) is 6.16 Å². The molecule has 0 bridgehead atoms. The van der Waals surface area contributed by atoms with Gasteiger partial charge in [-0.1, -0.05) is 33.8 Å². The second-order valence-corrected chi connectivity index (χ2v) is 5.02. The molecule has 0 aliphatic carbocycles. The molecule has 0 aliphatic heterocycles. The van der Waals surface area contributed by atoms with Crippen molar-refractivity contribution in [3.8, 4) is 0 Å². The molecule has 0 aliphatic rings. The zero-order chi connectivity index (χ0) is 12.4. The van der Waals surface area contributed by atoms with Gasteiger partial charge in [-0.3, -0.25) is 4.79 Å². The van der Waals surface area contributed by atoms with Gasteiger partial charge in [-0.05, 0) is 25.7 Å². The number of carbonyl (C=O) groups is 1. The van der Waals surface area contributed by atoms with Crippen molar-refractivity contribution >= 4 is 14.6 Å². The van der Waals surface area contributed by atoms with Crippen molar-refractivity contribution in [1.82, 2.24) is 0 Å². The quantitative estimate of drug-likeness (QED) is 0.635. The van der Waals surface area contributed by atoms with Gasteiger partial charge in [0.05, 0.1) is 12.3 Å². The number of aliphatic carboxylic acids is 1. The molecule has 0 aromatic carbocycles. The first-order valence-corrected chi connectivity index (χ1v) is 7.02. The topological polar surface area (TPSA) is 46.5 Å². The molecule has 2 unspecified atom stereocenters. The van der Waals surface area contributed by atoms with Gasteiger partial charge in [0.25, 0.3) is 0 Å². The average Bonchev–Trinajstić information content (AvgIpc) is 2.28. The molecular formula is C12H23O3P. The van der Waals surface area contributed by atoms with Gasteiger partial charge in [0.15, 0.2) is 0 Å². The Morgan fingerprint density at radius 2 is 2.19 bits per heavy atom. The maximum atomic E-state index is 10.5. The zero-order valence-electron chi connectivity index (χ0n) is 10.5. The molecule has 0 radical (unpaired) electrons. The van der Waals surface area contributed by atoms with E-state index in [1.165, 1.54) is 5.31 Å². The summed E-state index contributed by atoms with van der Waals surface area (Å²) in [4.78, 5) is 10.5. The van der Waals surface area contributed by atoms with Gasteiger partial charge in [-0.2, -0.15) is 0 Å². The first-order valence-electron chi connectivity index (χ1n) is 5.81. The number of hydrogen-bond acceptors (Lipinski definition) is 2. The third kappa shape index (κ3) is 7.84. The van der Waals surface area contributed by atoms with Crippen molar-refractivity contribution in [3.05, 3.63) is 11.4 Å². The van der Waals surface area contributed by atoms with E-state index < -0.39 is 5.97 Å². The summed E-state index contributed by atoms with van der Waals surface area (Å²) >= 11 is 0. The summed E-state index contributed by atoms with van der Waals surface area (Å²) in [5.74, 6) is -0.707. The smallest absolute Gasteiger partial charge is 0.307 e. The van der Waals surface area contributed by atoms with Crippen molar-refractivity contribution < 1.29 is 14.6 Å². The van der Waals surface area contributed by atoms with Crippen LogP contribution in [0.15, 0.2) is 11.4 Å². The van der Waals surface area contributed by atoms with Crippen molar-refractivity contribution in [2.24, 2.45) is 0 Å². The second kappa shape index (κ2) is 9.80. The Hall–Kier alpha value is -0.400. The van der Waals surface area contributed by atoms with Crippen molar-refractivity contribution in [2.75, 3.05) is 13.3 Å². The van der Waals surface area contributed by atoms with Crippen LogP contribution >= 0.6 is 8.58 Å². The zero-order valence-corrected chi connectivity index (χ0v) is 11.5. The summed E-state index contributed by atoms with van der Waals surface area (Å²) in [6.45, 7) is 4.19. The van der Waals surface area contributed by atoms with E-state index in [0.717, 1.165) is 25.7 Å². The van der Waals surface area contributed by atoms with Gasteiger partial charge in [-0.15, -0.1) is 0 Å². The second-order valence-electron chi connectivity index (χ2n) is 3.67. The van der Waals surface area contributed by atoms with Crippen LogP contribution < -0.4 is 0 Å². The van der Waals surface area contributed by atoms with Gasteiger partial charge in [0.2, 0.25) is 0 Å². The van der Waals surface area contributed by atoms with Crippen molar-refractivity contribution in [2.45, 2.75) is 45.6 Å². The lowest BCUT2D eigenvalue weighted by molar-refractivity contribution is -0.133. The van der Waals surface area contributed by atoms with E-state index in [1.807, 2.05) is 0 Å². The minimum Gasteiger partial charge on any atom is -0.481 e. The SMILES string of the molecule is CCC(=CCCC(CC)OC)PCC(=O)O. The molecule has 0 rings (SSSR count). The number of allylic oxidation sites excluding steroid dienone is 2. The van der Waals surface area contributed by atoms with Gasteiger partial charge >= 0.3 is 5.97 Å². The molecule has 0 heterocycles. The lowest BCUT2D eigenvalue weighted by Crippen LogP contribution is -2.07. The van der Waals surface area contributed by atoms with E-state index in [0.29, 0.717) is 14.7 Å². The highest BCUT2D eigenvalue weighted by molar-refractivity contribution is 7.44. The van der Waals surface area contributed by atoms with Crippen molar-refractivity contribution in [1.29, 1.82) is 0 Å². The Bertz CT molecular complexity index is 222. The predicted molar refractivity (Wildman–Crippen MR) is 69.5 cm³/mol. The minimum absolute atomic E-state index is 0.265. The summed E-state index contributed by atoms with van der Waals surface area (Å²) in [6.07, 6.45) is 6.77. The highest BCUT2D eigenvalue weighted by Crippen LogP contribution is 2.26. The number of rotatable bonds is 9. The Morgan fingerprint density at radius 3 is 2.62 bits per heavy atom. The van der Waals surface area contributed by atoms with Crippen LogP contribution in [0.3, 0.4) is 0 Å². The normalized spacial score (nSPS) is 14.6. The van der Waals surface area contributed by atoms with Crippen LogP contribution in [0.5, 0.6) is 0 Å². The van der Waals surface area contributed by atoms with Crippen molar-refractivity contribution in [3.63, 3.8) is 0 Å². The molecule has 0 aromatic rings. The van der Waals surface area contributed by atoms with Crippen LogP contribution in [-0.2, 0) is 9.53 Å². The average molecular weight is 246 g/mol. The highest BCUT2D eigenvalue weighted by Gasteiger charge is 2.03. The van der Waals surface area contributed by atoms with E-state index in [1.54, 1.807) is 7.11 Å². The first kappa shape index (κ1) is 15.6. The van der Waals surface area contributed by atoms with Crippen LogP contribution in [0.1, 0.15) is 39.5 Å². The lowest BCUT2D eigenvalue weighted by atomic mass is 10.1. The van der Waals surface area contributed by atoms with E-state index >= 15 is 0 Å². The van der Waals surface area contributed by atoms with Gasteiger partial charge < -0.3 is 9.84 Å². The molecule has 0 aromatic heterocycles. The molecule has 0 fully saturated rings. The molecule has 4 heteroatoms. The van der Waals surface area contributed by atoms with Crippen LogP contribution in [0.4, 0.5) is 0 Å². The molecule has 0 saturated heterocycles. The maximum absolute atomic E-state index is 10.5. The number of carboxylic acids is 1. The van der Waals surface area contributed by atoms with Crippen LogP contribution in [-0.4, -0.2) is 30.5 Å². The molecule has 2 atom stereocenters. The van der Waals surface area contributed by atoms with Crippen LogP contribution in [0, 0.1) is 0 Å². The van der Waals surface area contributed by atoms with Crippen LogP contribution in [0.2, 0.25) is 0 Å². The Kier molecular flexibility index (Phi) is 9.55. The fourth-order valence-corrected chi connectivity index (χ4v) is 2.38. The van der Waals surface area contributed by atoms with E-state index in [4.69, 9.17) is 9.84 Å². The van der Waals surface area contributed by atoms with Gasteiger partial charge in [-0.25, -0.2) is 0 Å². The number of methoxy groups -OCH3 is 1. The fraction of sp³-hybridized carbons (Fsp3) is 0.750.